The van der Waals surface area contributed by atoms with Gasteiger partial charge in [-0.25, -0.2) is 9.36 Å². The molecule has 0 spiro atoms. The van der Waals surface area contributed by atoms with Crippen molar-refractivity contribution in [2.75, 3.05) is 26.7 Å². The average molecular weight is 369 g/mol. The van der Waals surface area contributed by atoms with E-state index in [4.69, 9.17) is 16.3 Å². The molecule has 0 saturated carbocycles. The van der Waals surface area contributed by atoms with E-state index in [9.17, 15) is 18.0 Å². The lowest BCUT2D eigenvalue weighted by Gasteiger charge is -2.28. The van der Waals surface area contributed by atoms with Crippen molar-refractivity contribution in [3.63, 3.8) is 0 Å². The predicted octanol–water partition coefficient (Wildman–Crippen LogP) is 2.91. The SMILES string of the molecule is CN1CCC(Oc2nc(Cl)cn2C(=O)NCCCC(F)(F)F)CC1. The van der Waals surface area contributed by atoms with Crippen molar-refractivity contribution >= 4 is 17.6 Å². The second-order valence-corrected chi connectivity index (χ2v) is 6.17. The first kappa shape index (κ1) is 18.9. The van der Waals surface area contributed by atoms with Gasteiger partial charge >= 0.3 is 18.2 Å². The fourth-order valence-corrected chi connectivity index (χ4v) is 2.56. The minimum atomic E-state index is -4.23. The number of rotatable bonds is 5. The molecule has 1 saturated heterocycles. The molecule has 1 aliphatic heterocycles. The highest BCUT2D eigenvalue weighted by molar-refractivity contribution is 6.29. The Labute approximate surface area is 142 Å². The third-order valence-electron chi connectivity index (χ3n) is 3.71. The molecule has 0 aromatic carbocycles. The Kier molecular flexibility index (Phi) is 6.34. The van der Waals surface area contributed by atoms with Crippen LogP contribution in [-0.4, -0.2) is 59.4 Å². The van der Waals surface area contributed by atoms with Crippen LogP contribution in [-0.2, 0) is 0 Å². The molecule has 0 radical (unpaired) electrons. The van der Waals surface area contributed by atoms with Crippen LogP contribution >= 0.6 is 11.6 Å². The van der Waals surface area contributed by atoms with E-state index in [2.05, 4.69) is 15.2 Å². The minimum absolute atomic E-state index is 0.0582. The first-order valence-electron chi connectivity index (χ1n) is 7.69. The third kappa shape index (κ3) is 5.86. The number of hydrogen-bond donors (Lipinski definition) is 1. The number of halogens is 4. The van der Waals surface area contributed by atoms with E-state index >= 15 is 0 Å². The Hall–Kier alpha value is -1.48. The summed E-state index contributed by atoms with van der Waals surface area (Å²) in [4.78, 5) is 18.2. The quantitative estimate of drug-likeness (QED) is 0.812. The van der Waals surface area contributed by atoms with Gasteiger partial charge in [-0.2, -0.15) is 18.2 Å². The van der Waals surface area contributed by atoms with Gasteiger partial charge in [0.05, 0.1) is 6.20 Å². The number of imidazole rings is 1. The van der Waals surface area contributed by atoms with Gasteiger partial charge in [0.1, 0.15) is 6.10 Å². The second-order valence-electron chi connectivity index (χ2n) is 5.79. The van der Waals surface area contributed by atoms with Gasteiger partial charge in [0.15, 0.2) is 5.15 Å². The molecule has 6 nitrogen and oxygen atoms in total. The van der Waals surface area contributed by atoms with Crippen molar-refractivity contribution in [2.45, 2.75) is 38.0 Å². The summed E-state index contributed by atoms with van der Waals surface area (Å²) < 4.78 is 43.1. The highest BCUT2D eigenvalue weighted by atomic mass is 35.5. The molecular weight excluding hydrogens is 349 g/mol. The lowest BCUT2D eigenvalue weighted by Crippen LogP contribution is -2.37. The van der Waals surface area contributed by atoms with Crippen LogP contribution in [0.1, 0.15) is 25.7 Å². The van der Waals surface area contributed by atoms with Crippen molar-refractivity contribution in [1.29, 1.82) is 0 Å². The molecule has 1 aliphatic rings. The number of nitrogens with zero attached hydrogens (tertiary/aromatic N) is 3. The number of nitrogens with one attached hydrogen (secondary N) is 1. The Bertz CT molecular complexity index is 557. The van der Waals surface area contributed by atoms with E-state index in [1.54, 1.807) is 0 Å². The van der Waals surface area contributed by atoms with Gasteiger partial charge in [0.25, 0.3) is 0 Å². The zero-order chi connectivity index (χ0) is 17.7. The topological polar surface area (TPSA) is 59.4 Å². The molecule has 2 heterocycles. The van der Waals surface area contributed by atoms with Gasteiger partial charge < -0.3 is 15.0 Å². The van der Waals surface area contributed by atoms with Crippen molar-refractivity contribution in [3.8, 4) is 6.01 Å². The number of alkyl halides is 3. The standard InChI is InChI=1S/C14H20ClF3N4O2/c1-21-7-3-10(4-8-21)24-13-20-11(15)9-22(13)12(23)19-6-2-5-14(16,17)18/h9-10H,2-8H2,1H3,(H,19,23). The fraction of sp³-hybridized carbons (Fsp3) is 0.714. The monoisotopic (exact) mass is 368 g/mol. The van der Waals surface area contributed by atoms with Gasteiger partial charge in [0, 0.05) is 26.1 Å². The molecular formula is C14H20ClF3N4O2. The number of hydrogen-bond acceptors (Lipinski definition) is 4. The maximum atomic E-state index is 12.1. The van der Waals surface area contributed by atoms with Crippen LogP contribution in [0, 0.1) is 0 Å². The number of carbonyl (C=O) groups is 1. The van der Waals surface area contributed by atoms with Gasteiger partial charge in [0.2, 0.25) is 0 Å². The van der Waals surface area contributed by atoms with E-state index in [-0.39, 0.29) is 30.2 Å². The van der Waals surface area contributed by atoms with Crippen molar-refractivity contribution in [1.82, 2.24) is 19.8 Å². The highest BCUT2D eigenvalue weighted by Crippen LogP contribution is 2.22. The molecule has 136 valence electrons. The number of carbonyl (C=O) groups excluding carboxylic acids is 1. The summed E-state index contributed by atoms with van der Waals surface area (Å²) in [6, 6.07) is -0.553. The first-order chi connectivity index (χ1) is 11.2. The lowest BCUT2D eigenvalue weighted by molar-refractivity contribution is -0.135. The summed E-state index contributed by atoms with van der Waals surface area (Å²) in [7, 11) is 2.02. The van der Waals surface area contributed by atoms with E-state index in [1.165, 1.54) is 6.20 Å². The first-order valence-corrected chi connectivity index (χ1v) is 8.07. The average Bonchev–Trinajstić information content (AvgIpc) is 2.85. The Morgan fingerprint density at radius 1 is 1.46 bits per heavy atom. The summed E-state index contributed by atoms with van der Waals surface area (Å²) in [5.41, 5.74) is 0. The molecule has 0 aliphatic carbocycles. The van der Waals surface area contributed by atoms with Crippen molar-refractivity contribution in [3.05, 3.63) is 11.3 Å². The van der Waals surface area contributed by atoms with Gasteiger partial charge in [-0.15, -0.1) is 0 Å². The van der Waals surface area contributed by atoms with Crippen LogP contribution in [0.5, 0.6) is 6.01 Å². The van der Waals surface area contributed by atoms with Crippen LogP contribution in [0.4, 0.5) is 18.0 Å². The third-order valence-corrected chi connectivity index (χ3v) is 3.90. The van der Waals surface area contributed by atoms with Crippen LogP contribution in [0.2, 0.25) is 5.15 Å². The molecule has 0 atom stereocenters. The summed E-state index contributed by atoms with van der Waals surface area (Å²) in [5, 5.41) is 2.49. The fourth-order valence-electron chi connectivity index (χ4n) is 2.39. The van der Waals surface area contributed by atoms with Crippen LogP contribution < -0.4 is 10.1 Å². The Morgan fingerprint density at radius 3 is 2.75 bits per heavy atom. The Balaban J connectivity index is 1.89. The maximum Gasteiger partial charge on any atom is 0.389 e. The molecule has 0 unspecified atom stereocenters. The molecule has 0 bridgehead atoms. The zero-order valence-corrected chi connectivity index (χ0v) is 14.0. The van der Waals surface area contributed by atoms with Crippen LogP contribution in [0.15, 0.2) is 6.20 Å². The summed E-state index contributed by atoms with van der Waals surface area (Å²) in [5.74, 6) is 0. The zero-order valence-electron chi connectivity index (χ0n) is 13.3. The molecule has 1 N–H and O–H groups in total. The number of likely N-dealkylation sites (tertiary alicyclic amines) is 1. The number of piperidine rings is 1. The summed E-state index contributed by atoms with van der Waals surface area (Å²) >= 11 is 5.82. The number of ether oxygens (including phenoxy) is 1. The maximum absolute atomic E-state index is 12.1. The van der Waals surface area contributed by atoms with E-state index in [0.717, 1.165) is 30.5 Å². The Morgan fingerprint density at radius 2 is 2.12 bits per heavy atom. The largest absolute Gasteiger partial charge is 0.461 e. The van der Waals surface area contributed by atoms with Crippen LogP contribution in [0.25, 0.3) is 0 Å². The molecule has 10 heteroatoms. The highest BCUT2D eigenvalue weighted by Gasteiger charge is 2.26. The predicted molar refractivity (Wildman–Crippen MR) is 82.5 cm³/mol. The molecule has 1 fully saturated rings. The molecule has 1 aromatic rings. The molecule has 1 aromatic heterocycles. The van der Waals surface area contributed by atoms with E-state index in [1.807, 2.05) is 7.05 Å². The van der Waals surface area contributed by atoms with Gasteiger partial charge in [-0.1, -0.05) is 11.6 Å². The smallest absolute Gasteiger partial charge is 0.389 e. The lowest BCUT2D eigenvalue weighted by atomic mass is 10.1. The van der Waals surface area contributed by atoms with Crippen molar-refractivity contribution < 1.29 is 22.7 Å². The molecule has 24 heavy (non-hydrogen) atoms. The minimum Gasteiger partial charge on any atom is -0.461 e. The molecule has 1 amide bonds. The van der Waals surface area contributed by atoms with Crippen LogP contribution in [0.3, 0.4) is 0 Å². The normalized spacial score (nSPS) is 17.0. The number of amides is 1. The van der Waals surface area contributed by atoms with E-state index in [0.29, 0.717) is 0 Å². The van der Waals surface area contributed by atoms with E-state index < -0.39 is 18.6 Å². The van der Waals surface area contributed by atoms with Gasteiger partial charge in [-0.05, 0) is 26.3 Å². The second kappa shape index (κ2) is 8.06. The number of aromatic nitrogens is 2. The summed E-state index contributed by atoms with van der Waals surface area (Å²) in [6.07, 6.45) is -2.56. The molecule has 2 rings (SSSR count). The van der Waals surface area contributed by atoms with Gasteiger partial charge in [-0.3, -0.25) is 0 Å². The van der Waals surface area contributed by atoms with Crippen molar-refractivity contribution in [2.24, 2.45) is 0 Å². The summed E-state index contributed by atoms with van der Waals surface area (Å²) in [6.45, 7) is 1.66.